The zero-order valence-electron chi connectivity index (χ0n) is 11.9. The lowest BCUT2D eigenvalue weighted by molar-refractivity contribution is 0.167. The fourth-order valence-corrected chi connectivity index (χ4v) is 3.87. The number of likely N-dealkylation sites (tertiary alicyclic amines) is 1. The summed E-state index contributed by atoms with van der Waals surface area (Å²) in [4.78, 5) is 2.70. The standard InChI is InChI=1S/C15H30N2O/c1-2-16-14(12-18)9-11-17-10-5-8-15(17)13-6-3-4-7-13/h13-16,18H,2-12H2,1H3. The van der Waals surface area contributed by atoms with Gasteiger partial charge < -0.3 is 15.3 Å². The van der Waals surface area contributed by atoms with E-state index < -0.39 is 0 Å². The van der Waals surface area contributed by atoms with Crippen LogP contribution in [0.25, 0.3) is 0 Å². The largest absolute Gasteiger partial charge is 0.395 e. The van der Waals surface area contributed by atoms with Crippen molar-refractivity contribution in [1.82, 2.24) is 10.2 Å². The van der Waals surface area contributed by atoms with Crippen LogP contribution in [0.3, 0.4) is 0 Å². The summed E-state index contributed by atoms with van der Waals surface area (Å²) in [6.07, 6.45) is 9.70. The van der Waals surface area contributed by atoms with Gasteiger partial charge in [-0.25, -0.2) is 0 Å². The predicted octanol–water partition coefficient (Wildman–Crippen LogP) is 2.00. The number of aliphatic hydroxyl groups is 1. The summed E-state index contributed by atoms with van der Waals surface area (Å²) in [5.74, 6) is 0.971. The average Bonchev–Trinajstić information content (AvgIpc) is 3.04. The molecule has 2 aliphatic rings. The number of aliphatic hydroxyl groups excluding tert-OH is 1. The van der Waals surface area contributed by atoms with Gasteiger partial charge in [-0.1, -0.05) is 19.8 Å². The van der Waals surface area contributed by atoms with E-state index in [1.807, 2.05) is 0 Å². The molecule has 0 aromatic heterocycles. The Kier molecular flexibility index (Phi) is 5.93. The molecule has 2 fully saturated rings. The minimum atomic E-state index is 0.274. The Hall–Kier alpha value is -0.120. The van der Waals surface area contributed by atoms with E-state index >= 15 is 0 Å². The van der Waals surface area contributed by atoms with Crippen molar-refractivity contribution in [3.63, 3.8) is 0 Å². The van der Waals surface area contributed by atoms with Crippen LogP contribution in [-0.2, 0) is 0 Å². The first-order valence-corrected chi connectivity index (χ1v) is 7.93. The van der Waals surface area contributed by atoms with Crippen molar-refractivity contribution in [3.05, 3.63) is 0 Å². The fourth-order valence-electron chi connectivity index (χ4n) is 3.87. The van der Waals surface area contributed by atoms with Gasteiger partial charge >= 0.3 is 0 Å². The van der Waals surface area contributed by atoms with Gasteiger partial charge in [0, 0.05) is 18.6 Å². The number of rotatable bonds is 7. The van der Waals surface area contributed by atoms with E-state index in [0.29, 0.717) is 6.04 Å². The smallest absolute Gasteiger partial charge is 0.0585 e. The molecular weight excluding hydrogens is 224 g/mol. The van der Waals surface area contributed by atoms with Gasteiger partial charge in [-0.2, -0.15) is 0 Å². The molecular formula is C15H30N2O. The van der Waals surface area contributed by atoms with Gasteiger partial charge in [0.2, 0.25) is 0 Å². The molecule has 0 aromatic rings. The van der Waals surface area contributed by atoms with Crippen LogP contribution >= 0.6 is 0 Å². The maximum Gasteiger partial charge on any atom is 0.0585 e. The Morgan fingerprint density at radius 2 is 2.00 bits per heavy atom. The van der Waals surface area contributed by atoms with Gasteiger partial charge in [-0.05, 0) is 51.1 Å². The van der Waals surface area contributed by atoms with E-state index in [2.05, 4.69) is 17.1 Å². The summed E-state index contributed by atoms with van der Waals surface area (Å²) in [6, 6.07) is 1.15. The predicted molar refractivity (Wildman–Crippen MR) is 75.7 cm³/mol. The topological polar surface area (TPSA) is 35.5 Å². The third-order valence-electron chi connectivity index (χ3n) is 4.84. The first kappa shape index (κ1) is 14.3. The van der Waals surface area contributed by atoms with E-state index in [0.717, 1.165) is 24.9 Å². The molecule has 1 aliphatic carbocycles. The third kappa shape index (κ3) is 3.69. The summed E-state index contributed by atoms with van der Waals surface area (Å²) >= 11 is 0. The normalized spacial score (nSPS) is 28.0. The number of nitrogens with one attached hydrogen (secondary N) is 1. The van der Waals surface area contributed by atoms with Gasteiger partial charge in [-0.15, -0.1) is 0 Å². The van der Waals surface area contributed by atoms with Crippen LogP contribution in [0.2, 0.25) is 0 Å². The lowest BCUT2D eigenvalue weighted by Gasteiger charge is -2.30. The van der Waals surface area contributed by atoms with Crippen LogP contribution in [0.1, 0.15) is 51.9 Å². The van der Waals surface area contributed by atoms with Gasteiger partial charge in [0.25, 0.3) is 0 Å². The van der Waals surface area contributed by atoms with Crippen LogP contribution in [0.4, 0.5) is 0 Å². The number of hydrogen-bond donors (Lipinski definition) is 2. The van der Waals surface area contributed by atoms with Crippen molar-refractivity contribution >= 4 is 0 Å². The molecule has 3 heteroatoms. The van der Waals surface area contributed by atoms with E-state index in [1.54, 1.807) is 0 Å². The highest BCUT2D eigenvalue weighted by Crippen LogP contribution is 2.35. The highest BCUT2D eigenvalue weighted by molar-refractivity contribution is 4.88. The van der Waals surface area contributed by atoms with Crippen molar-refractivity contribution in [2.75, 3.05) is 26.2 Å². The van der Waals surface area contributed by atoms with Crippen LogP contribution in [-0.4, -0.2) is 48.3 Å². The van der Waals surface area contributed by atoms with Crippen molar-refractivity contribution in [3.8, 4) is 0 Å². The molecule has 2 N–H and O–H groups in total. The first-order valence-electron chi connectivity index (χ1n) is 7.93. The Labute approximate surface area is 112 Å². The van der Waals surface area contributed by atoms with Crippen LogP contribution < -0.4 is 5.32 Å². The molecule has 1 saturated carbocycles. The average molecular weight is 254 g/mol. The molecule has 2 rings (SSSR count). The number of nitrogens with zero attached hydrogens (tertiary/aromatic N) is 1. The minimum absolute atomic E-state index is 0.274. The summed E-state index contributed by atoms with van der Waals surface area (Å²) < 4.78 is 0. The molecule has 2 unspecified atom stereocenters. The second-order valence-electron chi connectivity index (χ2n) is 6.02. The fraction of sp³-hybridized carbons (Fsp3) is 1.00. The molecule has 0 amide bonds. The summed E-state index contributed by atoms with van der Waals surface area (Å²) in [7, 11) is 0. The molecule has 0 aromatic carbocycles. The number of hydrogen-bond acceptors (Lipinski definition) is 3. The molecule has 0 bridgehead atoms. The SMILES string of the molecule is CCNC(CO)CCN1CCCC1C1CCCC1. The molecule has 0 spiro atoms. The number of likely N-dealkylation sites (N-methyl/N-ethyl adjacent to an activating group) is 1. The van der Waals surface area contributed by atoms with Crippen LogP contribution in [0.5, 0.6) is 0 Å². The van der Waals surface area contributed by atoms with E-state index in [4.69, 9.17) is 0 Å². The Morgan fingerprint density at radius 1 is 1.22 bits per heavy atom. The summed E-state index contributed by atoms with van der Waals surface area (Å²) in [5, 5.41) is 12.7. The van der Waals surface area contributed by atoms with E-state index in [1.165, 1.54) is 51.6 Å². The van der Waals surface area contributed by atoms with Crippen molar-refractivity contribution in [2.24, 2.45) is 5.92 Å². The zero-order chi connectivity index (χ0) is 12.8. The second kappa shape index (κ2) is 7.46. The van der Waals surface area contributed by atoms with E-state index in [-0.39, 0.29) is 6.61 Å². The van der Waals surface area contributed by atoms with Gasteiger partial charge in [0.05, 0.1) is 6.61 Å². The van der Waals surface area contributed by atoms with Crippen molar-refractivity contribution in [2.45, 2.75) is 64.0 Å². The molecule has 18 heavy (non-hydrogen) atoms. The first-order chi connectivity index (χ1) is 8.85. The molecule has 1 heterocycles. The van der Waals surface area contributed by atoms with Crippen LogP contribution in [0, 0.1) is 5.92 Å². The van der Waals surface area contributed by atoms with Gasteiger partial charge in [0.1, 0.15) is 0 Å². The lowest BCUT2D eigenvalue weighted by atomic mass is 9.96. The minimum Gasteiger partial charge on any atom is -0.395 e. The van der Waals surface area contributed by atoms with Gasteiger partial charge in [-0.3, -0.25) is 0 Å². The molecule has 2 atom stereocenters. The zero-order valence-corrected chi connectivity index (χ0v) is 11.9. The van der Waals surface area contributed by atoms with Gasteiger partial charge in [0.15, 0.2) is 0 Å². The lowest BCUT2D eigenvalue weighted by Crippen LogP contribution is -2.40. The summed E-state index contributed by atoms with van der Waals surface area (Å²) in [5.41, 5.74) is 0. The van der Waals surface area contributed by atoms with Crippen molar-refractivity contribution in [1.29, 1.82) is 0 Å². The van der Waals surface area contributed by atoms with Crippen LogP contribution in [0.15, 0.2) is 0 Å². The molecule has 3 nitrogen and oxygen atoms in total. The Balaban J connectivity index is 1.76. The van der Waals surface area contributed by atoms with E-state index in [9.17, 15) is 5.11 Å². The quantitative estimate of drug-likeness (QED) is 0.729. The molecule has 106 valence electrons. The summed E-state index contributed by atoms with van der Waals surface area (Å²) in [6.45, 7) is 5.79. The maximum absolute atomic E-state index is 9.33. The molecule has 1 saturated heterocycles. The highest BCUT2D eigenvalue weighted by Gasteiger charge is 2.32. The highest BCUT2D eigenvalue weighted by atomic mass is 16.3. The Bertz CT molecular complexity index is 229. The monoisotopic (exact) mass is 254 g/mol. The van der Waals surface area contributed by atoms with Crippen molar-refractivity contribution < 1.29 is 5.11 Å². The third-order valence-corrected chi connectivity index (χ3v) is 4.84. The maximum atomic E-state index is 9.33. The molecule has 0 radical (unpaired) electrons. The second-order valence-corrected chi connectivity index (χ2v) is 6.02. The molecule has 1 aliphatic heterocycles. The Morgan fingerprint density at radius 3 is 2.67 bits per heavy atom.